The van der Waals surface area contributed by atoms with E-state index in [0.717, 1.165) is 43.7 Å². The Morgan fingerprint density at radius 1 is 1.22 bits per heavy atom. The number of nitrogens with zero attached hydrogens (tertiary/aromatic N) is 7. The molecule has 0 unspecified atom stereocenters. The topological polar surface area (TPSA) is 91.0 Å². The van der Waals surface area contributed by atoms with Gasteiger partial charge in [-0.3, -0.25) is 9.48 Å². The quantitative estimate of drug-likeness (QED) is 0.631. The maximum atomic E-state index is 11.6. The van der Waals surface area contributed by atoms with Gasteiger partial charge < -0.3 is 9.64 Å². The molecule has 142 valence electrons. The third-order valence-electron chi connectivity index (χ3n) is 5.16. The molecular weight excluding hydrogens is 346 g/mol. The molecule has 0 saturated carbocycles. The van der Waals surface area contributed by atoms with Crippen molar-refractivity contribution in [2.75, 3.05) is 25.1 Å². The second kappa shape index (κ2) is 7.34. The summed E-state index contributed by atoms with van der Waals surface area (Å²) in [4.78, 5) is 22.6. The van der Waals surface area contributed by atoms with Crippen LogP contribution in [0.5, 0.6) is 0 Å². The summed E-state index contributed by atoms with van der Waals surface area (Å²) in [7, 11) is 1.36. The molecule has 3 aromatic rings. The molecule has 0 atom stereocenters. The summed E-state index contributed by atoms with van der Waals surface area (Å²) in [6.07, 6.45) is 9.51. The zero-order valence-electron chi connectivity index (χ0n) is 15.6. The summed E-state index contributed by atoms with van der Waals surface area (Å²) in [6.45, 7) is 4.86. The molecule has 1 saturated heterocycles. The molecule has 1 aliphatic rings. The lowest BCUT2D eigenvalue weighted by Crippen LogP contribution is -2.33. The molecule has 0 radical (unpaired) electrons. The van der Waals surface area contributed by atoms with Crippen LogP contribution in [-0.4, -0.2) is 55.7 Å². The Morgan fingerprint density at radius 2 is 2.04 bits per heavy atom. The molecule has 1 aliphatic heterocycles. The number of aryl methyl sites for hydroxylation is 1. The molecule has 9 heteroatoms. The molecule has 3 aromatic heterocycles. The number of carbonyl (C=O) groups is 1. The van der Waals surface area contributed by atoms with Crippen molar-refractivity contribution in [3.05, 3.63) is 30.5 Å². The maximum Gasteiger partial charge on any atom is 0.327 e. The van der Waals surface area contributed by atoms with Crippen molar-refractivity contribution in [2.45, 2.75) is 38.8 Å². The van der Waals surface area contributed by atoms with Gasteiger partial charge in [-0.25, -0.2) is 14.6 Å². The fraction of sp³-hybridized carbons (Fsp3) is 0.500. The number of carbonyl (C=O) groups excluding carboxylic acids is 1. The summed E-state index contributed by atoms with van der Waals surface area (Å²) < 4.78 is 8.25. The zero-order valence-corrected chi connectivity index (χ0v) is 15.6. The highest BCUT2D eigenvalue weighted by Crippen LogP contribution is 2.31. The van der Waals surface area contributed by atoms with Crippen molar-refractivity contribution in [3.8, 4) is 0 Å². The van der Waals surface area contributed by atoms with Gasteiger partial charge in [-0.05, 0) is 31.2 Å². The van der Waals surface area contributed by atoms with Crippen LogP contribution in [0.3, 0.4) is 0 Å². The van der Waals surface area contributed by atoms with Crippen LogP contribution in [0.25, 0.3) is 11.0 Å². The van der Waals surface area contributed by atoms with E-state index in [9.17, 15) is 4.79 Å². The number of methoxy groups -OCH3 is 1. The maximum absolute atomic E-state index is 11.6. The van der Waals surface area contributed by atoms with Gasteiger partial charge in [0, 0.05) is 25.8 Å². The molecule has 0 spiro atoms. The summed E-state index contributed by atoms with van der Waals surface area (Å²) >= 11 is 0. The predicted molar refractivity (Wildman–Crippen MR) is 99.4 cm³/mol. The normalized spacial score (nSPS) is 15.4. The van der Waals surface area contributed by atoms with Gasteiger partial charge >= 0.3 is 5.97 Å². The van der Waals surface area contributed by atoms with Crippen molar-refractivity contribution in [2.24, 2.45) is 0 Å². The van der Waals surface area contributed by atoms with Gasteiger partial charge in [0.25, 0.3) is 0 Å². The summed E-state index contributed by atoms with van der Waals surface area (Å²) in [5.74, 6) is 1.05. The number of hydrogen-bond donors (Lipinski definition) is 0. The van der Waals surface area contributed by atoms with Crippen molar-refractivity contribution in [3.63, 3.8) is 0 Å². The van der Waals surface area contributed by atoms with Crippen molar-refractivity contribution in [1.29, 1.82) is 0 Å². The Morgan fingerprint density at radius 3 is 2.74 bits per heavy atom. The number of rotatable bonds is 5. The van der Waals surface area contributed by atoms with E-state index >= 15 is 0 Å². The third kappa shape index (κ3) is 3.36. The van der Waals surface area contributed by atoms with Gasteiger partial charge in [0.1, 0.15) is 18.7 Å². The zero-order chi connectivity index (χ0) is 18.8. The molecule has 0 N–H and O–H groups in total. The van der Waals surface area contributed by atoms with E-state index in [1.807, 2.05) is 10.9 Å². The van der Waals surface area contributed by atoms with Crippen LogP contribution in [0.2, 0.25) is 0 Å². The van der Waals surface area contributed by atoms with E-state index in [4.69, 9.17) is 4.74 Å². The average molecular weight is 369 g/mol. The average Bonchev–Trinajstić information content (AvgIpc) is 3.35. The Hall–Kier alpha value is -2.97. The molecule has 4 rings (SSSR count). The third-order valence-corrected chi connectivity index (χ3v) is 5.16. The number of aromatic nitrogens is 6. The molecule has 0 aromatic carbocycles. The predicted octanol–water partition coefficient (Wildman–Crippen LogP) is 1.60. The van der Waals surface area contributed by atoms with Crippen LogP contribution < -0.4 is 4.90 Å². The van der Waals surface area contributed by atoms with E-state index in [1.54, 1.807) is 10.9 Å². The Bertz CT molecular complexity index is 940. The van der Waals surface area contributed by atoms with Crippen molar-refractivity contribution < 1.29 is 9.53 Å². The van der Waals surface area contributed by atoms with Crippen LogP contribution in [0.1, 0.15) is 31.2 Å². The number of hydrogen-bond acceptors (Lipinski definition) is 7. The molecule has 0 bridgehead atoms. The molecule has 4 heterocycles. The standard InChI is InChI=1S/C18H23N7O2/c1-3-24-10-14(8-21-24)13-4-6-23(7-5-13)17-15-9-22-25(11-16(26)27-2)18(15)20-12-19-17/h8-10,12-13H,3-7,11H2,1-2H3. The number of anilines is 1. The fourth-order valence-electron chi connectivity index (χ4n) is 3.62. The SMILES string of the molecule is CCn1cc(C2CCN(c3ncnc4c3cnn4CC(=O)OC)CC2)cn1. The monoisotopic (exact) mass is 369 g/mol. The minimum absolute atomic E-state index is 0.0416. The van der Waals surface area contributed by atoms with Gasteiger partial charge in [-0.2, -0.15) is 10.2 Å². The van der Waals surface area contributed by atoms with Gasteiger partial charge in [0.05, 0.1) is 24.9 Å². The highest BCUT2D eigenvalue weighted by Gasteiger charge is 2.24. The smallest absolute Gasteiger partial charge is 0.327 e. The lowest BCUT2D eigenvalue weighted by Gasteiger charge is -2.32. The van der Waals surface area contributed by atoms with Crippen LogP contribution in [0.15, 0.2) is 24.9 Å². The first-order valence-electron chi connectivity index (χ1n) is 9.20. The molecule has 0 aliphatic carbocycles. The highest BCUT2D eigenvalue weighted by molar-refractivity contribution is 5.87. The molecule has 1 fully saturated rings. The minimum Gasteiger partial charge on any atom is -0.468 e. The molecule has 9 nitrogen and oxygen atoms in total. The number of piperidine rings is 1. The van der Waals surface area contributed by atoms with Gasteiger partial charge in [-0.15, -0.1) is 0 Å². The van der Waals surface area contributed by atoms with Gasteiger partial charge in [-0.1, -0.05) is 0 Å². The van der Waals surface area contributed by atoms with Gasteiger partial charge in [0.15, 0.2) is 5.65 Å². The molecule has 0 amide bonds. The Balaban J connectivity index is 1.51. The van der Waals surface area contributed by atoms with Crippen LogP contribution in [0, 0.1) is 0 Å². The largest absolute Gasteiger partial charge is 0.468 e. The molecular formula is C18H23N7O2. The lowest BCUT2D eigenvalue weighted by atomic mass is 9.91. The van der Waals surface area contributed by atoms with E-state index in [2.05, 4.69) is 38.2 Å². The second-order valence-corrected chi connectivity index (χ2v) is 6.70. The summed E-state index contributed by atoms with van der Waals surface area (Å²) in [5.41, 5.74) is 1.96. The van der Waals surface area contributed by atoms with Crippen molar-refractivity contribution in [1.82, 2.24) is 29.5 Å². The minimum atomic E-state index is -0.353. The first-order chi connectivity index (χ1) is 13.2. The molecule has 27 heavy (non-hydrogen) atoms. The highest BCUT2D eigenvalue weighted by atomic mass is 16.5. The number of ether oxygens (including phenoxy) is 1. The van der Waals surface area contributed by atoms with Crippen LogP contribution >= 0.6 is 0 Å². The summed E-state index contributed by atoms with van der Waals surface area (Å²) in [5, 5.41) is 9.54. The Labute approximate surface area is 157 Å². The van der Waals surface area contributed by atoms with Gasteiger partial charge in [0.2, 0.25) is 0 Å². The van der Waals surface area contributed by atoms with Crippen LogP contribution in [0.4, 0.5) is 5.82 Å². The van der Waals surface area contributed by atoms with E-state index in [-0.39, 0.29) is 12.5 Å². The van der Waals surface area contributed by atoms with Crippen LogP contribution in [-0.2, 0) is 22.6 Å². The first-order valence-corrected chi connectivity index (χ1v) is 9.20. The number of fused-ring (bicyclic) bond motifs is 1. The number of esters is 1. The fourth-order valence-corrected chi connectivity index (χ4v) is 3.62. The summed E-state index contributed by atoms with van der Waals surface area (Å²) in [6, 6.07) is 0. The second-order valence-electron chi connectivity index (χ2n) is 6.70. The lowest BCUT2D eigenvalue weighted by molar-refractivity contribution is -0.141. The first kappa shape index (κ1) is 17.4. The van der Waals surface area contributed by atoms with E-state index < -0.39 is 0 Å². The van der Waals surface area contributed by atoms with E-state index in [0.29, 0.717) is 11.6 Å². The Kier molecular flexibility index (Phi) is 4.74. The van der Waals surface area contributed by atoms with E-state index in [1.165, 1.54) is 19.0 Å². The van der Waals surface area contributed by atoms with Crippen molar-refractivity contribution >= 4 is 22.8 Å².